The average molecular weight is 332 g/mol. The van der Waals surface area contributed by atoms with E-state index in [2.05, 4.69) is 0 Å². The topological polar surface area (TPSA) is 27.7 Å². The van der Waals surface area contributed by atoms with Crippen LogP contribution in [0, 0.1) is 11.6 Å². The largest absolute Gasteiger partial charge is 0.379 e. The van der Waals surface area contributed by atoms with Crippen molar-refractivity contribution in [3.63, 3.8) is 0 Å². The van der Waals surface area contributed by atoms with Gasteiger partial charge in [0.15, 0.2) is 21.4 Å². The number of hydrogen-bond acceptors (Lipinski definition) is 3. The Bertz CT molecular complexity index is 412. The van der Waals surface area contributed by atoms with Crippen LogP contribution >= 0.6 is 0 Å². The zero-order valence-corrected chi connectivity index (χ0v) is 14.9. The minimum Gasteiger partial charge on any atom is -0.379 e. The van der Waals surface area contributed by atoms with E-state index in [1.54, 1.807) is 6.07 Å². The van der Waals surface area contributed by atoms with Gasteiger partial charge in [-0.05, 0) is 50.4 Å². The fourth-order valence-corrected chi connectivity index (χ4v) is 3.19. The Morgan fingerprint density at radius 2 is 1.73 bits per heavy atom. The lowest BCUT2D eigenvalue weighted by atomic mass is 10.1. The predicted molar refractivity (Wildman–Crippen MR) is 85.4 cm³/mol. The Balaban J connectivity index is 2.06. The van der Waals surface area contributed by atoms with Gasteiger partial charge in [0.1, 0.15) is 0 Å². The molecule has 0 N–H and O–H groups in total. The SMILES string of the molecule is CCOC(OCC)O[SiH2]CCCCCc1ccc(F)c(F)c1. The van der Waals surface area contributed by atoms with Crippen LogP contribution in [0.25, 0.3) is 0 Å². The molecule has 126 valence electrons. The van der Waals surface area contributed by atoms with E-state index < -0.39 is 27.9 Å². The smallest absolute Gasteiger partial charge is 0.261 e. The molecule has 0 unspecified atom stereocenters. The number of hydrogen-bond donors (Lipinski definition) is 0. The molecule has 0 aliphatic rings. The maximum Gasteiger partial charge on any atom is 0.261 e. The summed E-state index contributed by atoms with van der Waals surface area (Å²) in [5, 5.41) is 0. The van der Waals surface area contributed by atoms with Gasteiger partial charge >= 0.3 is 0 Å². The summed E-state index contributed by atoms with van der Waals surface area (Å²) in [5.41, 5.74) is 0.847. The minimum absolute atomic E-state index is 0.510. The van der Waals surface area contributed by atoms with E-state index in [0.717, 1.165) is 37.3 Å². The van der Waals surface area contributed by atoms with Crippen LogP contribution in [-0.4, -0.2) is 29.5 Å². The molecule has 1 rings (SSSR count). The highest BCUT2D eigenvalue weighted by molar-refractivity contribution is 6.27. The van der Waals surface area contributed by atoms with Crippen molar-refractivity contribution in [2.24, 2.45) is 0 Å². The van der Waals surface area contributed by atoms with E-state index in [-0.39, 0.29) is 0 Å². The second-order valence-corrected chi connectivity index (χ2v) is 6.43. The van der Waals surface area contributed by atoms with Gasteiger partial charge in [-0.25, -0.2) is 8.78 Å². The second-order valence-electron chi connectivity index (χ2n) is 4.98. The summed E-state index contributed by atoms with van der Waals surface area (Å²) in [7, 11) is -0.639. The van der Waals surface area contributed by atoms with Crippen LogP contribution in [0.4, 0.5) is 8.78 Å². The van der Waals surface area contributed by atoms with Gasteiger partial charge in [0.05, 0.1) is 0 Å². The molecule has 0 saturated heterocycles. The first-order valence-corrected chi connectivity index (χ1v) is 9.53. The third-order valence-electron chi connectivity index (χ3n) is 3.20. The minimum atomic E-state index is -0.787. The number of rotatable bonds is 12. The molecule has 1 aromatic carbocycles. The number of halogens is 2. The molecule has 0 bridgehead atoms. The van der Waals surface area contributed by atoms with Crippen LogP contribution in [0.2, 0.25) is 6.04 Å². The van der Waals surface area contributed by atoms with Crippen LogP contribution in [0.1, 0.15) is 38.7 Å². The molecule has 22 heavy (non-hydrogen) atoms. The first-order chi connectivity index (χ1) is 10.7. The van der Waals surface area contributed by atoms with Crippen molar-refractivity contribution >= 4 is 9.76 Å². The number of unbranched alkanes of at least 4 members (excludes halogenated alkanes) is 2. The Morgan fingerprint density at radius 3 is 2.36 bits per heavy atom. The van der Waals surface area contributed by atoms with Crippen molar-refractivity contribution in [1.29, 1.82) is 0 Å². The quantitative estimate of drug-likeness (QED) is 0.333. The molecule has 0 fully saturated rings. The molecule has 1 aromatic rings. The Labute approximate surface area is 133 Å². The molecule has 3 nitrogen and oxygen atoms in total. The molecule has 0 aromatic heterocycles. The van der Waals surface area contributed by atoms with Crippen molar-refractivity contribution in [2.45, 2.75) is 52.1 Å². The van der Waals surface area contributed by atoms with E-state index in [0.29, 0.717) is 13.2 Å². The molecule has 0 atom stereocenters. The highest BCUT2D eigenvalue weighted by Gasteiger charge is 2.07. The third-order valence-corrected chi connectivity index (χ3v) is 4.50. The van der Waals surface area contributed by atoms with Crippen molar-refractivity contribution < 1.29 is 22.7 Å². The van der Waals surface area contributed by atoms with Crippen LogP contribution in [0.5, 0.6) is 0 Å². The standard InChI is InChI=1S/C16H26F2O3Si/c1-3-19-16(20-4-2)21-22-11-7-5-6-8-13-9-10-14(17)15(18)12-13/h9-10,12,16H,3-8,11,22H2,1-2H3. The molecule has 0 spiro atoms. The van der Waals surface area contributed by atoms with Gasteiger partial charge in [-0.1, -0.05) is 18.9 Å². The van der Waals surface area contributed by atoms with Gasteiger partial charge in [-0.15, -0.1) is 0 Å². The lowest BCUT2D eigenvalue weighted by Crippen LogP contribution is -2.22. The molecule has 0 amide bonds. The number of ether oxygens (including phenoxy) is 2. The van der Waals surface area contributed by atoms with Crippen LogP contribution in [-0.2, 0) is 20.3 Å². The van der Waals surface area contributed by atoms with E-state index in [1.807, 2.05) is 13.8 Å². The van der Waals surface area contributed by atoms with E-state index >= 15 is 0 Å². The number of aryl methyl sites for hydroxylation is 1. The van der Waals surface area contributed by atoms with Gasteiger partial charge in [0.2, 0.25) is 0 Å². The van der Waals surface area contributed by atoms with Crippen molar-refractivity contribution in [3.05, 3.63) is 35.4 Å². The summed E-state index contributed by atoms with van der Waals surface area (Å²) in [6.45, 7) is 4.47. The molecule has 0 aliphatic carbocycles. The second kappa shape index (κ2) is 11.7. The Kier molecular flexibility index (Phi) is 10.2. The fraction of sp³-hybridized carbons (Fsp3) is 0.625. The molecule has 6 heteroatoms. The van der Waals surface area contributed by atoms with E-state index in [4.69, 9.17) is 13.9 Å². The van der Waals surface area contributed by atoms with Gasteiger partial charge in [-0.2, -0.15) is 0 Å². The summed E-state index contributed by atoms with van der Waals surface area (Å²) >= 11 is 0. The molecule has 0 radical (unpaired) electrons. The summed E-state index contributed by atoms with van der Waals surface area (Å²) in [5.74, 6) is -1.55. The monoisotopic (exact) mass is 332 g/mol. The average Bonchev–Trinajstić information content (AvgIpc) is 2.50. The van der Waals surface area contributed by atoms with Gasteiger partial charge < -0.3 is 13.9 Å². The lowest BCUT2D eigenvalue weighted by molar-refractivity contribution is -0.243. The zero-order valence-electron chi connectivity index (χ0n) is 13.4. The molecular weight excluding hydrogens is 306 g/mol. The molecule has 0 saturated carbocycles. The van der Waals surface area contributed by atoms with Crippen LogP contribution < -0.4 is 0 Å². The highest BCUT2D eigenvalue weighted by atomic mass is 28.2. The van der Waals surface area contributed by atoms with Gasteiger partial charge in [0.25, 0.3) is 6.48 Å². The summed E-state index contributed by atoms with van der Waals surface area (Å²) < 4.78 is 42.1. The van der Waals surface area contributed by atoms with E-state index in [9.17, 15) is 8.78 Å². The Hall–Kier alpha value is -0.823. The lowest BCUT2D eigenvalue weighted by Gasteiger charge is -2.17. The van der Waals surface area contributed by atoms with Crippen LogP contribution in [0.15, 0.2) is 18.2 Å². The van der Waals surface area contributed by atoms with Gasteiger partial charge in [-0.3, -0.25) is 0 Å². The van der Waals surface area contributed by atoms with E-state index in [1.165, 1.54) is 12.1 Å². The first kappa shape index (κ1) is 19.2. The maximum atomic E-state index is 13.0. The summed E-state index contributed by atoms with van der Waals surface area (Å²) in [6.07, 6.45) is 3.89. The number of benzene rings is 1. The maximum absolute atomic E-state index is 13.0. The summed E-state index contributed by atoms with van der Waals surface area (Å²) in [6, 6.07) is 5.18. The fourth-order valence-electron chi connectivity index (χ4n) is 2.08. The zero-order chi connectivity index (χ0) is 16.2. The molecular formula is C16H26F2O3Si. The summed E-state index contributed by atoms with van der Waals surface area (Å²) in [4.78, 5) is 0. The van der Waals surface area contributed by atoms with Crippen molar-refractivity contribution in [3.8, 4) is 0 Å². The highest BCUT2D eigenvalue weighted by Crippen LogP contribution is 2.12. The van der Waals surface area contributed by atoms with Crippen molar-refractivity contribution in [1.82, 2.24) is 0 Å². The Morgan fingerprint density at radius 1 is 1.00 bits per heavy atom. The third kappa shape index (κ3) is 7.98. The molecule has 0 aliphatic heterocycles. The first-order valence-electron chi connectivity index (χ1n) is 7.96. The molecule has 0 heterocycles. The predicted octanol–water partition coefficient (Wildman–Crippen LogP) is 3.55. The van der Waals surface area contributed by atoms with Gasteiger partial charge in [0, 0.05) is 13.2 Å². The van der Waals surface area contributed by atoms with Crippen LogP contribution in [0.3, 0.4) is 0 Å². The normalized spacial score (nSPS) is 11.9. The van der Waals surface area contributed by atoms with Crippen molar-refractivity contribution in [2.75, 3.05) is 13.2 Å².